The lowest BCUT2D eigenvalue weighted by atomic mass is 10.0. The number of methoxy groups -OCH3 is 4. The average Bonchev–Trinajstić information content (AvgIpc) is 2.84. The molecule has 0 atom stereocenters. The number of terminal acetylenes is 2. The first-order valence-electron chi connectivity index (χ1n) is 9.56. The largest absolute Gasteiger partial charge is 0.491 e. The lowest BCUT2D eigenvalue weighted by Gasteiger charge is -2.25. The van der Waals surface area contributed by atoms with Crippen LogP contribution in [0.25, 0.3) is 0 Å². The Kier molecular flexibility index (Phi) is 7.00. The molecule has 1 aliphatic rings. The molecule has 6 nitrogen and oxygen atoms in total. The minimum atomic E-state index is 0.352. The Morgan fingerprint density at radius 3 is 1.03 bits per heavy atom. The Morgan fingerprint density at radius 1 is 0.531 bits per heavy atom. The van der Waals surface area contributed by atoms with Gasteiger partial charge in [-0.15, -0.1) is 12.8 Å². The molecule has 3 rings (SSSR count). The van der Waals surface area contributed by atoms with Crippen LogP contribution in [0.2, 0.25) is 0 Å². The molecule has 0 unspecified atom stereocenters. The molecule has 2 aromatic rings. The maximum atomic E-state index is 5.67. The maximum absolute atomic E-state index is 5.67. The first-order valence-corrected chi connectivity index (χ1v) is 9.56. The van der Waals surface area contributed by atoms with E-state index in [9.17, 15) is 0 Å². The van der Waals surface area contributed by atoms with Crippen LogP contribution >= 0.6 is 0 Å². The van der Waals surface area contributed by atoms with Gasteiger partial charge in [0.15, 0.2) is 34.5 Å². The molecule has 0 bridgehead atoms. The van der Waals surface area contributed by atoms with E-state index in [1.165, 1.54) is 28.4 Å². The summed E-state index contributed by atoms with van der Waals surface area (Å²) >= 11 is 0. The fraction of sp³-hybridized carbons (Fsp3) is 0.154. The highest BCUT2D eigenvalue weighted by Crippen LogP contribution is 2.32. The minimum Gasteiger partial charge on any atom is -0.491 e. The Morgan fingerprint density at radius 2 is 0.812 bits per heavy atom. The van der Waals surface area contributed by atoms with Gasteiger partial charge in [0.05, 0.1) is 39.8 Å². The summed E-state index contributed by atoms with van der Waals surface area (Å²) in [6, 6.07) is 14.4. The van der Waals surface area contributed by atoms with Gasteiger partial charge in [0.2, 0.25) is 0 Å². The molecule has 6 heteroatoms. The predicted octanol–water partition coefficient (Wildman–Crippen LogP) is 4.52. The van der Waals surface area contributed by atoms with E-state index in [0.29, 0.717) is 45.8 Å². The van der Waals surface area contributed by atoms with E-state index in [2.05, 4.69) is 11.8 Å². The van der Waals surface area contributed by atoms with Crippen LogP contribution in [0, 0.1) is 24.7 Å². The normalized spacial score (nSPS) is 13.2. The van der Waals surface area contributed by atoms with Crippen molar-refractivity contribution >= 4 is 22.8 Å². The number of ether oxygens (including phenoxy) is 4. The zero-order valence-corrected chi connectivity index (χ0v) is 18.3. The Labute approximate surface area is 187 Å². The van der Waals surface area contributed by atoms with E-state index >= 15 is 0 Å². The molecule has 2 aromatic carbocycles. The van der Waals surface area contributed by atoms with Crippen LogP contribution in [0.4, 0.5) is 11.4 Å². The Bertz CT molecular complexity index is 1070. The number of hydrogen-bond donors (Lipinski definition) is 0. The third-order valence-electron chi connectivity index (χ3n) is 4.64. The molecule has 0 fully saturated rings. The molecule has 1 aliphatic carbocycles. The molecule has 0 saturated carbocycles. The van der Waals surface area contributed by atoms with Crippen LogP contribution in [0.5, 0.6) is 0 Å². The van der Waals surface area contributed by atoms with E-state index in [-0.39, 0.29) is 0 Å². The molecule has 160 valence electrons. The summed E-state index contributed by atoms with van der Waals surface area (Å²) in [5.41, 5.74) is 3.61. The third-order valence-corrected chi connectivity index (χ3v) is 4.64. The van der Waals surface area contributed by atoms with E-state index < -0.39 is 0 Å². The smallest absolute Gasteiger partial charge is 0.193 e. The molecule has 0 spiro atoms. The molecule has 0 radical (unpaired) electrons. The minimum absolute atomic E-state index is 0.352. The van der Waals surface area contributed by atoms with Crippen molar-refractivity contribution < 1.29 is 18.9 Å². The highest BCUT2D eigenvalue weighted by atomic mass is 16.5. The van der Waals surface area contributed by atoms with Crippen LogP contribution in [-0.4, -0.2) is 39.9 Å². The Balaban J connectivity index is 2.22. The summed E-state index contributed by atoms with van der Waals surface area (Å²) in [6.45, 7) is 0. The lowest BCUT2D eigenvalue weighted by Crippen LogP contribution is -2.28. The number of hydrogen-bond acceptors (Lipinski definition) is 6. The fourth-order valence-electron chi connectivity index (χ4n) is 3.12. The highest BCUT2D eigenvalue weighted by Gasteiger charge is 2.36. The van der Waals surface area contributed by atoms with Crippen molar-refractivity contribution in [1.29, 1.82) is 0 Å². The van der Waals surface area contributed by atoms with E-state index in [1.54, 1.807) is 48.5 Å². The van der Waals surface area contributed by atoms with Gasteiger partial charge in [-0.25, -0.2) is 9.98 Å². The zero-order chi connectivity index (χ0) is 23.1. The van der Waals surface area contributed by atoms with Crippen molar-refractivity contribution in [3.8, 4) is 24.7 Å². The molecule has 0 amide bonds. The van der Waals surface area contributed by atoms with Crippen molar-refractivity contribution in [2.75, 3.05) is 28.4 Å². The second-order valence-electron chi connectivity index (χ2n) is 6.44. The third kappa shape index (κ3) is 4.35. The maximum Gasteiger partial charge on any atom is 0.193 e. The standard InChI is InChI=1S/C26H22N2O4/c1-7-17-9-13-19(14-10-17)27-21-23(29-3)25(31-5)22(26(32-6)24(21)30-4)28-20-15-11-18(8-2)12-16-20/h1-2,9-16H,3-6H3. The van der Waals surface area contributed by atoms with Crippen molar-refractivity contribution in [2.45, 2.75) is 0 Å². The van der Waals surface area contributed by atoms with Gasteiger partial charge in [-0.3, -0.25) is 0 Å². The fourth-order valence-corrected chi connectivity index (χ4v) is 3.12. The number of aliphatic imine (C=N–C) groups is 2. The average molecular weight is 426 g/mol. The van der Waals surface area contributed by atoms with Crippen LogP contribution < -0.4 is 0 Å². The molecule has 0 aliphatic heterocycles. The monoisotopic (exact) mass is 426 g/mol. The summed E-state index contributed by atoms with van der Waals surface area (Å²) in [4.78, 5) is 9.41. The van der Waals surface area contributed by atoms with Gasteiger partial charge in [-0.05, 0) is 48.5 Å². The summed E-state index contributed by atoms with van der Waals surface area (Å²) in [5, 5.41) is 0. The van der Waals surface area contributed by atoms with Gasteiger partial charge in [-0.1, -0.05) is 11.8 Å². The Hall–Kier alpha value is -4.42. The summed E-state index contributed by atoms with van der Waals surface area (Å²) in [6.07, 6.45) is 10.9. The van der Waals surface area contributed by atoms with Gasteiger partial charge >= 0.3 is 0 Å². The van der Waals surface area contributed by atoms with E-state index in [4.69, 9.17) is 41.8 Å². The summed E-state index contributed by atoms with van der Waals surface area (Å²) in [5.74, 6) is 6.57. The lowest BCUT2D eigenvalue weighted by molar-refractivity contribution is 0.223. The van der Waals surface area contributed by atoms with Gasteiger partial charge in [-0.2, -0.15) is 0 Å². The molecule has 0 N–H and O–H groups in total. The predicted molar refractivity (Wildman–Crippen MR) is 125 cm³/mol. The van der Waals surface area contributed by atoms with Crippen molar-refractivity contribution in [3.05, 3.63) is 82.7 Å². The van der Waals surface area contributed by atoms with Gasteiger partial charge in [0, 0.05) is 11.1 Å². The molecule has 0 heterocycles. The number of benzene rings is 2. The number of rotatable bonds is 6. The number of nitrogens with zero attached hydrogens (tertiary/aromatic N) is 2. The summed E-state index contributed by atoms with van der Waals surface area (Å²) in [7, 11) is 6.09. The summed E-state index contributed by atoms with van der Waals surface area (Å²) < 4.78 is 22.7. The van der Waals surface area contributed by atoms with Gasteiger partial charge in [0.1, 0.15) is 0 Å². The first-order chi connectivity index (χ1) is 15.6. The first kappa shape index (κ1) is 22.3. The second-order valence-corrected chi connectivity index (χ2v) is 6.44. The van der Waals surface area contributed by atoms with E-state index in [0.717, 1.165) is 11.1 Å². The van der Waals surface area contributed by atoms with Gasteiger partial charge in [0.25, 0.3) is 0 Å². The molecule has 0 saturated heterocycles. The molecule has 32 heavy (non-hydrogen) atoms. The van der Waals surface area contributed by atoms with Crippen LogP contribution in [0.15, 0.2) is 81.6 Å². The van der Waals surface area contributed by atoms with Crippen molar-refractivity contribution in [2.24, 2.45) is 9.98 Å². The van der Waals surface area contributed by atoms with Crippen LogP contribution in [-0.2, 0) is 18.9 Å². The van der Waals surface area contributed by atoms with Gasteiger partial charge < -0.3 is 18.9 Å². The highest BCUT2D eigenvalue weighted by molar-refractivity contribution is 6.26. The molecular formula is C26H22N2O4. The van der Waals surface area contributed by atoms with Crippen molar-refractivity contribution in [1.82, 2.24) is 0 Å². The topological polar surface area (TPSA) is 61.6 Å². The SMILES string of the molecule is C#Cc1ccc(N=C2C(OC)=C(OC)C(=Nc3ccc(C#C)cc3)C(OC)=C2OC)cc1. The van der Waals surface area contributed by atoms with Crippen molar-refractivity contribution in [3.63, 3.8) is 0 Å². The van der Waals surface area contributed by atoms with Crippen LogP contribution in [0.1, 0.15) is 11.1 Å². The second kappa shape index (κ2) is 10.1. The molecular weight excluding hydrogens is 404 g/mol. The van der Waals surface area contributed by atoms with Crippen LogP contribution in [0.3, 0.4) is 0 Å². The molecule has 0 aromatic heterocycles. The quantitative estimate of drug-likeness (QED) is 0.503. The van der Waals surface area contributed by atoms with E-state index in [1.807, 2.05) is 0 Å². The zero-order valence-electron chi connectivity index (χ0n) is 18.3.